The molecule has 0 aliphatic carbocycles. The lowest BCUT2D eigenvalue weighted by Crippen LogP contribution is -2.00. The summed E-state index contributed by atoms with van der Waals surface area (Å²) in [5.41, 5.74) is 2.02. The van der Waals surface area contributed by atoms with Gasteiger partial charge >= 0.3 is 0 Å². The molecule has 2 aromatic rings. The molecular formula is C14H13F2NO. The monoisotopic (exact) mass is 249 g/mol. The van der Waals surface area contributed by atoms with Gasteiger partial charge in [0.2, 0.25) is 0 Å². The molecule has 0 fully saturated rings. The molecule has 0 saturated heterocycles. The molecule has 94 valence electrons. The average molecular weight is 249 g/mol. The fraction of sp³-hybridized carbons (Fsp3) is 0.143. The Morgan fingerprint density at radius 2 is 1.83 bits per heavy atom. The molecule has 0 aliphatic rings. The highest BCUT2D eigenvalue weighted by atomic mass is 19.1. The molecular weight excluding hydrogens is 236 g/mol. The zero-order chi connectivity index (χ0) is 13.1. The minimum atomic E-state index is -0.649. The van der Waals surface area contributed by atoms with Gasteiger partial charge in [-0.15, -0.1) is 0 Å². The molecule has 0 bridgehead atoms. The standard InChI is InChI=1S/C14H13F2NO/c1-9-6-11(3-4-12(9)15)17-8-10-2-5-14(18)13(16)7-10/h2-7,17-18H,8H2,1H3. The van der Waals surface area contributed by atoms with E-state index in [2.05, 4.69) is 5.32 Å². The third-order valence-corrected chi connectivity index (χ3v) is 2.67. The van der Waals surface area contributed by atoms with Gasteiger partial charge in [0.15, 0.2) is 11.6 Å². The third-order valence-electron chi connectivity index (χ3n) is 2.67. The number of aromatic hydroxyl groups is 1. The van der Waals surface area contributed by atoms with Crippen molar-refractivity contribution in [2.24, 2.45) is 0 Å². The summed E-state index contributed by atoms with van der Waals surface area (Å²) in [6, 6.07) is 8.89. The highest BCUT2D eigenvalue weighted by Crippen LogP contribution is 2.18. The van der Waals surface area contributed by atoms with Crippen LogP contribution in [-0.4, -0.2) is 5.11 Å². The number of halogens is 2. The minimum absolute atomic E-state index is 0.253. The van der Waals surface area contributed by atoms with Crippen molar-refractivity contribution >= 4 is 5.69 Å². The molecule has 4 heteroatoms. The minimum Gasteiger partial charge on any atom is -0.505 e. The first-order valence-corrected chi connectivity index (χ1v) is 5.53. The Balaban J connectivity index is 2.06. The van der Waals surface area contributed by atoms with Crippen LogP contribution in [0.5, 0.6) is 5.75 Å². The Kier molecular flexibility index (Phi) is 3.46. The van der Waals surface area contributed by atoms with Crippen molar-refractivity contribution in [3.63, 3.8) is 0 Å². The van der Waals surface area contributed by atoms with E-state index >= 15 is 0 Å². The van der Waals surface area contributed by atoms with E-state index in [1.807, 2.05) is 0 Å². The van der Waals surface area contributed by atoms with Gasteiger partial charge in [0.1, 0.15) is 5.82 Å². The Hall–Kier alpha value is -2.10. The third kappa shape index (κ3) is 2.77. The van der Waals surface area contributed by atoms with Crippen LogP contribution in [0.2, 0.25) is 0 Å². The van der Waals surface area contributed by atoms with Crippen molar-refractivity contribution in [3.8, 4) is 5.75 Å². The van der Waals surface area contributed by atoms with Crippen LogP contribution in [0.15, 0.2) is 36.4 Å². The lowest BCUT2D eigenvalue weighted by Gasteiger charge is -2.08. The number of hydrogen-bond acceptors (Lipinski definition) is 2. The Morgan fingerprint density at radius 3 is 2.50 bits per heavy atom. The molecule has 18 heavy (non-hydrogen) atoms. The number of anilines is 1. The second-order valence-corrected chi connectivity index (χ2v) is 4.10. The molecule has 2 aromatic carbocycles. The van der Waals surface area contributed by atoms with E-state index in [0.29, 0.717) is 17.7 Å². The Labute approximate surface area is 104 Å². The maximum Gasteiger partial charge on any atom is 0.165 e. The van der Waals surface area contributed by atoms with Crippen molar-refractivity contribution < 1.29 is 13.9 Å². The Morgan fingerprint density at radius 1 is 1.06 bits per heavy atom. The normalized spacial score (nSPS) is 10.4. The fourth-order valence-electron chi connectivity index (χ4n) is 1.62. The first kappa shape index (κ1) is 12.4. The van der Waals surface area contributed by atoms with Crippen molar-refractivity contribution in [1.29, 1.82) is 0 Å². The molecule has 2 N–H and O–H groups in total. The summed E-state index contributed by atoms with van der Waals surface area (Å²) in [6.07, 6.45) is 0. The topological polar surface area (TPSA) is 32.3 Å². The number of hydrogen-bond donors (Lipinski definition) is 2. The first-order chi connectivity index (χ1) is 8.56. The predicted molar refractivity (Wildman–Crippen MR) is 66.5 cm³/mol. The van der Waals surface area contributed by atoms with Gasteiger partial charge in [-0.1, -0.05) is 6.07 Å². The van der Waals surface area contributed by atoms with Gasteiger partial charge in [0.25, 0.3) is 0 Å². The zero-order valence-corrected chi connectivity index (χ0v) is 9.87. The largest absolute Gasteiger partial charge is 0.505 e. The van der Waals surface area contributed by atoms with Gasteiger partial charge < -0.3 is 10.4 Å². The molecule has 0 aromatic heterocycles. The second kappa shape index (κ2) is 5.04. The lowest BCUT2D eigenvalue weighted by molar-refractivity contribution is 0.432. The van der Waals surface area contributed by atoms with Crippen LogP contribution < -0.4 is 5.32 Å². The number of rotatable bonds is 3. The lowest BCUT2D eigenvalue weighted by atomic mass is 10.2. The molecule has 2 nitrogen and oxygen atoms in total. The quantitative estimate of drug-likeness (QED) is 0.871. The van der Waals surface area contributed by atoms with Crippen LogP contribution in [-0.2, 0) is 6.54 Å². The smallest absolute Gasteiger partial charge is 0.165 e. The van der Waals surface area contributed by atoms with Crippen LogP contribution in [0.1, 0.15) is 11.1 Å². The summed E-state index contributed by atoms with van der Waals surface area (Å²) in [5.74, 6) is -1.27. The number of benzene rings is 2. The predicted octanol–water partition coefficient (Wildman–Crippen LogP) is 3.59. The maximum absolute atomic E-state index is 13.1. The number of phenols is 1. The van der Waals surface area contributed by atoms with Gasteiger partial charge in [-0.25, -0.2) is 8.78 Å². The molecule has 0 heterocycles. The number of nitrogens with one attached hydrogen (secondary N) is 1. The van der Waals surface area contributed by atoms with Crippen LogP contribution in [0.25, 0.3) is 0 Å². The number of aryl methyl sites for hydroxylation is 1. The van der Waals surface area contributed by atoms with Gasteiger partial charge in [-0.05, 0) is 48.4 Å². The van der Waals surface area contributed by atoms with Gasteiger partial charge in [-0.2, -0.15) is 0 Å². The van der Waals surface area contributed by atoms with E-state index in [9.17, 15) is 8.78 Å². The SMILES string of the molecule is Cc1cc(NCc2ccc(O)c(F)c2)ccc1F. The van der Waals surface area contributed by atoms with Gasteiger partial charge in [-0.3, -0.25) is 0 Å². The molecule has 0 saturated carbocycles. The molecule has 0 atom stereocenters. The van der Waals surface area contributed by atoms with E-state index < -0.39 is 5.82 Å². The van der Waals surface area contributed by atoms with Crippen molar-refractivity contribution in [2.45, 2.75) is 13.5 Å². The van der Waals surface area contributed by atoms with E-state index in [0.717, 1.165) is 5.69 Å². The number of phenolic OH excluding ortho intramolecular Hbond substituents is 1. The summed E-state index contributed by atoms with van der Waals surface area (Å²) in [6.45, 7) is 2.09. The van der Waals surface area contributed by atoms with E-state index in [1.165, 1.54) is 18.2 Å². The molecule has 0 aliphatic heterocycles. The van der Waals surface area contributed by atoms with Crippen LogP contribution in [0, 0.1) is 18.6 Å². The van der Waals surface area contributed by atoms with Crippen molar-refractivity contribution in [1.82, 2.24) is 0 Å². The Bertz CT molecular complexity index is 518. The van der Waals surface area contributed by atoms with Gasteiger partial charge in [0, 0.05) is 12.2 Å². The molecule has 0 radical (unpaired) electrons. The summed E-state index contributed by atoms with van der Waals surface area (Å²) >= 11 is 0. The first-order valence-electron chi connectivity index (χ1n) is 5.53. The highest BCUT2D eigenvalue weighted by molar-refractivity contribution is 5.46. The molecule has 2 rings (SSSR count). The van der Waals surface area contributed by atoms with Crippen LogP contribution >= 0.6 is 0 Å². The average Bonchev–Trinajstić information content (AvgIpc) is 2.35. The van der Waals surface area contributed by atoms with Crippen molar-refractivity contribution in [3.05, 3.63) is 59.2 Å². The second-order valence-electron chi connectivity index (χ2n) is 4.10. The molecule has 0 unspecified atom stereocenters. The highest BCUT2D eigenvalue weighted by Gasteiger charge is 2.02. The van der Waals surface area contributed by atoms with E-state index in [-0.39, 0.29) is 11.6 Å². The zero-order valence-electron chi connectivity index (χ0n) is 9.87. The molecule has 0 amide bonds. The maximum atomic E-state index is 13.1. The summed E-state index contributed by atoms with van der Waals surface area (Å²) in [7, 11) is 0. The fourth-order valence-corrected chi connectivity index (χ4v) is 1.62. The van der Waals surface area contributed by atoms with Gasteiger partial charge in [0.05, 0.1) is 0 Å². The van der Waals surface area contributed by atoms with Crippen LogP contribution in [0.4, 0.5) is 14.5 Å². The van der Waals surface area contributed by atoms with Crippen LogP contribution in [0.3, 0.4) is 0 Å². The van der Waals surface area contributed by atoms with E-state index in [1.54, 1.807) is 25.1 Å². The summed E-state index contributed by atoms with van der Waals surface area (Å²) in [5, 5.41) is 12.1. The van der Waals surface area contributed by atoms with E-state index in [4.69, 9.17) is 5.11 Å². The van der Waals surface area contributed by atoms with Crippen molar-refractivity contribution in [2.75, 3.05) is 5.32 Å². The summed E-state index contributed by atoms with van der Waals surface area (Å²) < 4.78 is 26.1. The summed E-state index contributed by atoms with van der Waals surface area (Å²) in [4.78, 5) is 0. The molecule has 0 spiro atoms.